The fourth-order valence-electron chi connectivity index (χ4n) is 0.575. The molecule has 3 heteroatoms. The van der Waals surface area contributed by atoms with Gasteiger partial charge >= 0.3 is 0 Å². The average molecular weight is 124 g/mol. The van der Waals surface area contributed by atoms with Crippen molar-refractivity contribution < 1.29 is 9.84 Å². The first kappa shape index (κ1) is 6.04. The van der Waals surface area contributed by atoms with E-state index in [1.165, 1.54) is 12.3 Å². The molecule has 3 nitrogen and oxygen atoms in total. The van der Waals surface area contributed by atoms with Crippen LogP contribution in [0.2, 0.25) is 0 Å². The molecule has 0 atom stereocenters. The summed E-state index contributed by atoms with van der Waals surface area (Å²) >= 11 is 0. The van der Waals surface area contributed by atoms with Crippen molar-refractivity contribution in [3.8, 4) is 0 Å². The second kappa shape index (κ2) is 2.46. The molecule has 0 aliphatic heterocycles. The lowest BCUT2D eigenvalue weighted by molar-refractivity contribution is -0.616. The summed E-state index contributed by atoms with van der Waals surface area (Å²) in [4.78, 5) is 0. The minimum absolute atomic E-state index is 0.262. The van der Waals surface area contributed by atoms with Crippen LogP contribution in [-0.4, -0.2) is 0 Å². The molecule has 0 aromatic carbocycles. The van der Waals surface area contributed by atoms with E-state index in [1.54, 1.807) is 12.1 Å². The van der Waals surface area contributed by atoms with Crippen LogP contribution >= 0.6 is 0 Å². The van der Waals surface area contributed by atoms with Gasteiger partial charge in [-0.15, -0.1) is 0 Å². The van der Waals surface area contributed by atoms with Crippen molar-refractivity contribution >= 4 is 0 Å². The zero-order valence-corrected chi connectivity index (χ0v) is 4.78. The van der Waals surface area contributed by atoms with Gasteiger partial charge in [0, 0.05) is 12.1 Å². The molecule has 0 spiro atoms. The van der Waals surface area contributed by atoms with Crippen LogP contribution in [-0.2, 0) is 11.7 Å². The van der Waals surface area contributed by atoms with Gasteiger partial charge in [-0.25, -0.2) is 5.11 Å². The summed E-state index contributed by atoms with van der Waals surface area (Å²) in [7, 11) is 0. The molecular formula is C6H6NO2. The van der Waals surface area contributed by atoms with Crippen molar-refractivity contribution in [1.82, 2.24) is 0 Å². The van der Waals surface area contributed by atoms with Crippen LogP contribution in [0.5, 0.6) is 0 Å². The first-order valence-electron chi connectivity index (χ1n) is 2.60. The van der Waals surface area contributed by atoms with Crippen molar-refractivity contribution in [2.75, 3.05) is 0 Å². The molecule has 0 fully saturated rings. The molecule has 0 amide bonds. The molecule has 1 aromatic heterocycles. The molecule has 1 radical (unpaired) electrons. The quantitative estimate of drug-likeness (QED) is 0.391. The van der Waals surface area contributed by atoms with E-state index < -0.39 is 6.61 Å². The number of hydrogen-bond donors (Lipinski definition) is 0. The monoisotopic (exact) mass is 124 g/mol. The lowest BCUT2D eigenvalue weighted by Gasteiger charge is -1.97. The van der Waals surface area contributed by atoms with Crippen molar-refractivity contribution in [2.45, 2.75) is 6.61 Å². The zero-order valence-electron chi connectivity index (χ0n) is 4.78. The maximum Gasteiger partial charge on any atom is 0.221 e. The summed E-state index contributed by atoms with van der Waals surface area (Å²) in [6, 6.07) is 4.77. The summed E-state index contributed by atoms with van der Waals surface area (Å²) < 4.78 is 0.576. The summed E-state index contributed by atoms with van der Waals surface area (Å²) in [6.45, 7) is -0.454. The molecule has 0 aliphatic rings. The van der Waals surface area contributed by atoms with E-state index >= 15 is 0 Å². The molecule has 0 aliphatic carbocycles. The predicted octanol–water partition coefficient (Wildman–Crippen LogP) is 0.250. The minimum atomic E-state index is -0.454. The van der Waals surface area contributed by atoms with Gasteiger partial charge in [0.25, 0.3) is 0 Å². The van der Waals surface area contributed by atoms with Crippen LogP contribution in [0.4, 0.5) is 0 Å². The van der Waals surface area contributed by atoms with Gasteiger partial charge in [-0.1, -0.05) is 0 Å². The third-order valence-electron chi connectivity index (χ3n) is 1.05. The largest absolute Gasteiger partial charge is 0.618 e. The average Bonchev–Trinajstić information content (AvgIpc) is 1.89. The Morgan fingerprint density at radius 1 is 1.56 bits per heavy atom. The van der Waals surface area contributed by atoms with Crippen LogP contribution in [0.1, 0.15) is 5.69 Å². The minimum Gasteiger partial charge on any atom is -0.618 e. The highest BCUT2D eigenvalue weighted by Crippen LogP contribution is 1.88. The molecule has 0 unspecified atom stereocenters. The summed E-state index contributed by atoms with van der Waals surface area (Å²) in [5, 5.41) is 20.7. The van der Waals surface area contributed by atoms with Gasteiger partial charge in [-0.3, -0.25) is 0 Å². The molecule has 1 rings (SSSR count). The van der Waals surface area contributed by atoms with Gasteiger partial charge in [0.05, 0.1) is 0 Å². The molecule has 1 aromatic rings. The van der Waals surface area contributed by atoms with E-state index in [1.807, 2.05) is 0 Å². The van der Waals surface area contributed by atoms with Crippen molar-refractivity contribution in [1.29, 1.82) is 0 Å². The maximum absolute atomic E-state index is 10.6. The van der Waals surface area contributed by atoms with Crippen molar-refractivity contribution in [3.63, 3.8) is 0 Å². The molecule has 0 saturated carbocycles. The fraction of sp³-hybridized carbons (Fsp3) is 0.167. The zero-order chi connectivity index (χ0) is 6.69. The maximum atomic E-state index is 10.6. The van der Waals surface area contributed by atoms with Gasteiger partial charge in [0.15, 0.2) is 12.8 Å². The van der Waals surface area contributed by atoms with Crippen LogP contribution in [0, 0.1) is 5.21 Å². The van der Waals surface area contributed by atoms with Crippen LogP contribution < -0.4 is 4.73 Å². The summed E-state index contributed by atoms with van der Waals surface area (Å²) in [6.07, 6.45) is 1.31. The Hall–Kier alpha value is -1.09. The van der Waals surface area contributed by atoms with E-state index in [-0.39, 0.29) is 5.69 Å². The number of aromatic nitrogens is 1. The second-order valence-corrected chi connectivity index (χ2v) is 1.66. The standard InChI is InChI=1S/C6H6NO2/c8-5-6-3-1-2-4-7(6)9/h1-4H,5H2. The summed E-state index contributed by atoms with van der Waals surface area (Å²) in [5.41, 5.74) is 0.262. The SMILES string of the molecule is [O]Cc1cccc[n+]1[O-]. The van der Waals surface area contributed by atoms with E-state index in [9.17, 15) is 10.3 Å². The molecule has 0 saturated heterocycles. The fourth-order valence-corrected chi connectivity index (χ4v) is 0.575. The summed E-state index contributed by atoms with van der Waals surface area (Å²) in [5.74, 6) is 0. The highest BCUT2D eigenvalue weighted by Gasteiger charge is 1.98. The van der Waals surface area contributed by atoms with E-state index in [0.29, 0.717) is 4.73 Å². The molecule has 9 heavy (non-hydrogen) atoms. The molecule has 0 bridgehead atoms. The predicted molar refractivity (Wildman–Crippen MR) is 29.8 cm³/mol. The van der Waals surface area contributed by atoms with Crippen LogP contribution in [0.3, 0.4) is 0 Å². The van der Waals surface area contributed by atoms with Gasteiger partial charge in [-0.05, 0) is 6.07 Å². The van der Waals surface area contributed by atoms with Crippen molar-refractivity contribution in [3.05, 3.63) is 35.3 Å². The Morgan fingerprint density at radius 2 is 2.33 bits per heavy atom. The lowest BCUT2D eigenvalue weighted by atomic mass is 10.4. The van der Waals surface area contributed by atoms with Gasteiger partial charge in [-0.2, -0.15) is 4.73 Å². The lowest BCUT2D eigenvalue weighted by Crippen LogP contribution is -2.30. The Morgan fingerprint density at radius 3 is 2.78 bits per heavy atom. The highest BCUT2D eigenvalue weighted by atomic mass is 16.5. The van der Waals surface area contributed by atoms with Gasteiger partial charge in [0.2, 0.25) is 5.69 Å². The third kappa shape index (κ3) is 1.17. The van der Waals surface area contributed by atoms with Crippen LogP contribution in [0.25, 0.3) is 0 Å². The molecule has 1 heterocycles. The topological polar surface area (TPSA) is 46.8 Å². The number of nitrogens with zero attached hydrogens (tertiary/aromatic N) is 1. The Balaban J connectivity index is 3.01. The van der Waals surface area contributed by atoms with Gasteiger partial charge in [0.1, 0.15) is 0 Å². The third-order valence-corrected chi connectivity index (χ3v) is 1.05. The number of pyridine rings is 1. The van der Waals surface area contributed by atoms with E-state index in [4.69, 9.17) is 0 Å². The molecular weight excluding hydrogens is 118 g/mol. The van der Waals surface area contributed by atoms with Crippen molar-refractivity contribution in [2.24, 2.45) is 0 Å². The first-order valence-corrected chi connectivity index (χ1v) is 2.60. The Bertz CT molecular complexity index is 200. The number of hydrogen-bond acceptors (Lipinski definition) is 1. The van der Waals surface area contributed by atoms with Crippen LogP contribution in [0.15, 0.2) is 24.4 Å². The van der Waals surface area contributed by atoms with E-state index in [0.717, 1.165) is 0 Å². The smallest absolute Gasteiger partial charge is 0.221 e. The normalized spacial score (nSPS) is 9.44. The molecule has 47 valence electrons. The Labute approximate surface area is 52.8 Å². The van der Waals surface area contributed by atoms with E-state index in [2.05, 4.69) is 0 Å². The molecule has 0 N–H and O–H groups in total. The first-order chi connectivity index (χ1) is 4.34. The van der Waals surface area contributed by atoms with Gasteiger partial charge < -0.3 is 5.21 Å². The number of rotatable bonds is 1. The highest BCUT2D eigenvalue weighted by molar-refractivity contribution is 4.95. The second-order valence-electron chi connectivity index (χ2n) is 1.66. The Kier molecular flexibility index (Phi) is 1.65.